The molecule has 0 saturated carbocycles. The highest BCUT2D eigenvalue weighted by Gasteiger charge is 2.27. The average Bonchev–Trinajstić information content (AvgIpc) is 3.02. The molecule has 0 N–H and O–H groups in total. The highest BCUT2D eigenvalue weighted by Crippen LogP contribution is 2.32. The lowest BCUT2D eigenvalue weighted by molar-refractivity contribution is 0.415. The molecular weight excluding hydrogens is 312 g/mol. The first-order valence-electron chi connectivity index (χ1n) is 9.04. The minimum Gasteiger partial charge on any atom is -0.497 e. The summed E-state index contributed by atoms with van der Waals surface area (Å²) in [5, 5.41) is 0. The molecule has 3 rings (SSSR count). The molecule has 2 aromatic rings. The standard InChI is InChI=1S/C18H25B2N3O2/c1-4-12(5-2)23-10-15(20)21-17(18(23)24)22-7-6-11-8-13(25-3)9-14(19)16(11)22/h8-10,12H,4-7,19-20H2,1-3H3. The lowest BCUT2D eigenvalue weighted by Crippen LogP contribution is -2.36. The van der Waals surface area contributed by atoms with E-state index in [9.17, 15) is 4.79 Å². The van der Waals surface area contributed by atoms with Crippen LogP contribution in [-0.4, -0.2) is 38.9 Å². The molecule has 7 heteroatoms. The van der Waals surface area contributed by atoms with E-state index in [1.54, 1.807) is 7.11 Å². The summed E-state index contributed by atoms with van der Waals surface area (Å²) >= 11 is 0. The van der Waals surface area contributed by atoms with E-state index < -0.39 is 0 Å². The van der Waals surface area contributed by atoms with Gasteiger partial charge in [-0.15, -0.1) is 0 Å². The predicted octanol–water partition coefficient (Wildman–Crippen LogP) is -0.176. The molecule has 0 unspecified atom stereocenters. The van der Waals surface area contributed by atoms with Crippen LogP contribution in [0.2, 0.25) is 0 Å². The van der Waals surface area contributed by atoms with Crippen LogP contribution >= 0.6 is 0 Å². The Morgan fingerprint density at radius 3 is 2.64 bits per heavy atom. The summed E-state index contributed by atoms with van der Waals surface area (Å²) in [6.07, 6.45) is 4.66. The number of hydrogen-bond donors (Lipinski definition) is 0. The van der Waals surface area contributed by atoms with Crippen molar-refractivity contribution in [2.75, 3.05) is 18.6 Å². The molecule has 1 aliphatic heterocycles. The summed E-state index contributed by atoms with van der Waals surface area (Å²) in [4.78, 5) is 19.8. The van der Waals surface area contributed by atoms with Crippen LogP contribution in [0.1, 0.15) is 38.3 Å². The van der Waals surface area contributed by atoms with Gasteiger partial charge in [0.05, 0.1) is 7.11 Å². The molecule has 1 aromatic heterocycles. The first kappa shape index (κ1) is 17.6. The Bertz CT molecular complexity index is 847. The minimum absolute atomic E-state index is 0.00219. The summed E-state index contributed by atoms with van der Waals surface area (Å²) in [7, 11) is 5.71. The van der Waals surface area contributed by atoms with Crippen LogP contribution in [0.5, 0.6) is 5.75 Å². The Labute approximate surface area is 150 Å². The van der Waals surface area contributed by atoms with Gasteiger partial charge in [0.15, 0.2) is 13.7 Å². The van der Waals surface area contributed by atoms with Gasteiger partial charge in [0.25, 0.3) is 5.56 Å². The molecule has 0 fully saturated rings. The van der Waals surface area contributed by atoms with Crippen LogP contribution in [0.4, 0.5) is 11.5 Å². The van der Waals surface area contributed by atoms with E-state index in [2.05, 4.69) is 37.6 Å². The highest BCUT2D eigenvalue weighted by molar-refractivity contribution is 6.36. The van der Waals surface area contributed by atoms with Crippen molar-refractivity contribution in [1.82, 2.24) is 9.55 Å². The van der Waals surface area contributed by atoms with Gasteiger partial charge < -0.3 is 14.2 Å². The molecule has 25 heavy (non-hydrogen) atoms. The van der Waals surface area contributed by atoms with Gasteiger partial charge in [0, 0.05) is 30.1 Å². The Balaban J connectivity index is 2.13. The number of aromatic nitrogens is 2. The first-order valence-corrected chi connectivity index (χ1v) is 9.04. The monoisotopic (exact) mass is 337 g/mol. The second-order valence-corrected chi connectivity index (χ2v) is 6.74. The van der Waals surface area contributed by atoms with Crippen molar-refractivity contribution >= 4 is 38.3 Å². The van der Waals surface area contributed by atoms with Gasteiger partial charge in [-0.1, -0.05) is 19.3 Å². The Hall–Kier alpha value is -2.17. The lowest BCUT2D eigenvalue weighted by Gasteiger charge is -2.24. The van der Waals surface area contributed by atoms with Gasteiger partial charge in [0.1, 0.15) is 13.6 Å². The summed E-state index contributed by atoms with van der Waals surface area (Å²) < 4.78 is 7.25. The van der Waals surface area contributed by atoms with Gasteiger partial charge in [-0.05, 0) is 37.0 Å². The highest BCUT2D eigenvalue weighted by atomic mass is 16.5. The van der Waals surface area contributed by atoms with E-state index in [1.165, 1.54) is 5.56 Å². The fourth-order valence-corrected chi connectivity index (χ4v) is 3.82. The number of ether oxygens (including phenoxy) is 1. The number of anilines is 2. The maximum absolute atomic E-state index is 13.1. The quantitative estimate of drug-likeness (QED) is 0.711. The molecule has 0 spiro atoms. The van der Waals surface area contributed by atoms with Gasteiger partial charge in [-0.3, -0.25) is 4.79 Å². The van der Waals surface area contributed by atoms with Crippen molar-refractivity contribution in [2.45, 2.75) is 39.2 Å². The summed E-state index contributed by atoms with van der Waals surface area (Å²) in [5.74, 6) is 1.41. The molecule has 1 aromatic carbocycles. The maximum atomic E-state index is 13.1. The zero-order valence-corrected chi connectivity index (χ0v) is 15.8. The van der Waals surface area contributed by atoms with Crippen molar-refractivity contribution in [3.05, 3.63) is 34.2 Å². The summed E-state index contributed by atoms with van der Waals surface area (Å²) in [6, 6.07) is 4.30. The molecular formula is C18H25B2N3O2. The fraction of sp³-hybridized carbons (Fsp3) is 0.444. The maximum Gasteiger partial charge on any atom is 0.294 e. The Morgan fingerprint density at radius 2 is 2.00 bits per heavy atom. The van der Waals surface area contributed by atoms with Crippen LogP contribution in [0, 0.1) is 0 Å². The zero-order chi connectivity index (χ0) is 18.1. The molecule has 130 valence electrons. The zero-order valence-electron chi connectivity index (χ0n) is 15.8. The van der Waals surface area contributed by atoms with Crippen molar-refractivity contribution in [2.24, 2.45) is 0 Å². The van der Waals surface area contributed by atoms with Crippen molar-refractivity contribution < 1.29 is 4.74 Å². The Kier molecular flexibility index (Phi) is 4.93. The van der Waals surface area contributed by atoms with E-state index in [0.29, 0.717) is 5.82 Å². The third-order valence-electron chi connectivity index (χ3n) is 5.09. The number of benzene rings is 1. The second-order valence-electron chi connectivity index (χ2n) is 6.74. The van der Waals surface area contributed by atoms with Gasteiger partial charge in [-0.2, -0.15) is 0 Å². The van der Waals surface area contributed by atoms with Crippen LogP contribution in [0.25, 0.3) is 0 Å². The first-order chi connectivity index (χ1) is 12.0. The van der Waals surface area contributed by atoms with Crippen LogP contribution in [-0.2, 0) is 6.42 Å². The summed E-state index contributed by atoms with van der Waals surface area (Å²) in [6.45, 7) is 5.02. The molecule has 0 amide bonds. The number of nitrogens with zero attached hydrogens (tertiary/aromatic N) is 3. The molecule has 0 bridgehead atoms. The minimum atomic E-state index is 0.00219. The van der Waals surface area contributed by atoms with E-state index in [-0.39, 0.29) is 11.6 Å². The van der Waals surface area contributed by atoms with E-state index in [4.69, 9.17) is 4.74 Å². The Morgan fingerprint density at radius 1 is 1.28 bits per heavy atom. The van der Waals surface area contributed by atoms with Gasteiger partial charge in [-0.25, -0.2) is 4.98 Å². The molecule has 1 aliphatic rings. The largest absolute Gasteiger partial charge is 0.497 e. The normalized spacial score (nSPS) is 13.4. The number of fused-ring (bicyclic) bond motifs is 1. The number of methoxy groups -OCH3 is 1. The molecule has 0 saturated heterocycles. The molecule has 0 radical (unpaired) electrons. The third kappa shape index (κ3) is 3.08. The fourth-order valence-electron chi connectivity index (χ4n) is 3.82. The lowest BCUT2D eigenvalue weighted by atomic mass is 9.91. The molecule has 0 atom stereocenters. The van der Waals surface area contributed by atoms with Crippen molar-refractivity contribution in [1.29, 1.82) is 0 Å². The average molecular weight is 337 g/mol. The van der Waals surface area contributed by atoms with E-state index in [1.807, 2.05) is 24.7 Å². The number of rotatable bonds is 5. The van der Waals surface area contributed by atoms with Crippen LogP contribution in [0.15, 0.2) is 23.1 Å². The van der Waals surface area contributed by atoms with Gasteiger partial charge >= 0.3 is 0 Å². The van der Waals surface area contributed by atoms with Gasteiger partial charge in [0.2, 0.25) is 0 Å². The van der Waals surface area contributed by atoms with Crippen molar-refractivity contribution in [3.63, 3.8) is 0 Å². The predicted molar refractivity (Wildman–Crippen MR) is 108 cm³/mol. The number of hydrogen-bond acceptors (Lipinski definition) is 4. The van der Waals surface area contributed by atoms with Crippen molar-refractivity contribution in [3.8, 4) is 5.75 Å². The molecule has 2 heterocycles. The third-order valence-corrected chi connectivity index (χ3v) is 5.09. The van der Waals surface area contributed by atoms with Crippen LogP contribution in [0.3, 0.4) is 0 Å². The summed E-state index contributed by atoms with van der Waals surface area (Å²) in [5.41, 5.74) is 4.31. The van der Waals surface area contributed by atoms with E-state index >= 15 is 0 Å². The molecule has 5 nitrogen and oxygen atoms in total. The van der Waals surface area contributed by atoms with E-state index in [0.717, 1.165) is 48.3 Å². The smallest absolute Gasteiger partial charge is 0.294 e. The molecule has 0 aliphatic carbocycles. The second kappa shape index (κ2) is 6.98. The SMILES string of the molecule is Bc1cn(C(CC)CC)c(=O)c(N2CCc3cc(OC)cc(B)c32)n1. The van der Waals surface area contributed by atoms with Crippen LogP contribution < -0.4 is 26.3 Å². The topological polar surface area (TPSA) is 47.4 Å².